The molecule has 33 heavy (non-hydrogen) atoms. The number of carbonyl (C=O) groups is 1. The lowest BCUT2D eigenvalue weighted by atomic mass is 9.88. The number of hydrogen-bond acceptors (Lipinski definition) is 6. The van der Waals surface area contributed by atoms with Crippen molar-refractivity contribution < 1.29 is 22.7 Å². The zero-order chi connectivity index (χ0) is 23.9. The van der Waals surface area contributed by atoms with Gasteiger partial charge < -0.3 is 4.74 Å². The smallest absolute Gasteiger partial charge is 0.380 e. The van der Waals surface area contributed by atoms with E-state index in [0.29, 0.717) is 13.2 Å². The van der Waals surface area contributed by atoms with Crippen LogP contribution in [-0.2, 0) is 15.7 Å². The van der Waals surface area contributed by atoms with Crippen molar-refractivity contribution in [2.24, 2.45) is 0 Å². The molecule has 1 aromatic heterocycles. The summed E-state index contributed by atoms with van der Waals surface area (Å²) in [5.41, 5.74) is -1.22. The van der Waals surface area contributed by atoms with E-state index in [1.165, 1.54) is 17.0 Å². The first-order valence-corrected chi connectivity index (χ1v) is 12.9. The molecule has 0 radical (unpaired) electrons. The maximum absolute atomic E-state index is 13.3. The number of piperazine rings is 1. The van der Waals surface area contributed by atoms with Crippen LogP contribution in [0.15, 0.2) is 18.2 Å². The van der Waals surface area contributed by atoms with Gasteiger partial charge in [-0.05, 0) is 43.4 Å². The van der Waals surface area contributed by atoms with Crippen LogP contribution >= 0.6 is 11.8 Å². The first-order chi connectivity index (χ1) is 15.8. The summed E-state index contributed by atoms with van der Waals surface area (Å²) < 4.78 is 45.4. The van der Waals surface area contributed by atoms with E-state index in [4.69, 9.17) is 4.74 Å². The second kappa shape index (κ2) is 11.9. The Kier molecular flexibility index (Phi) is 9.43. The summed E-state index contributed by atoms with van der Waals surface area (Å²) in [5.74, 6) is 1.85. The highest BCUT2D eigenvalue weighted by atomic mass is 32.2. The normalized spacial score (nSPS) is 20.0. The predicted octanol–water partition coefficient (Wildman–Crippen LogP) is 3.76. The topological polar surface area (TPSA) is 48.9 Å². The van der Waals surface area contributed by atoms with Gasteiger partial charge in [-0.25, -0.2) is 4.98 Å². The molecule has 0 bridgehead atoms. The molecule has 3 rings (SSSR count). The third-order valence-corrected chi connectivity index (χ3v) is 7.57. The van der Waals surface area contributed by atoms with Gasteiger partial charge in [0.15, 0.2) is 0 Å². The molecule has 10 heteroatoms. The number of hydrogen-bond donors (Lipinski definition) is 0. The average Bonchev–Trinajstić information content (AvgIpc) is 2.83. The minimum absolute atomic E-state index is 0.0876. The number of alkyl halides is 3. The van der Waals surface area contributed by atoms with Gasteiger partial charge in [-0.2, -0.15) is 24.9 Å². The van der Waals surface area contributed by atoms with E-state index in [1.807, 2.05) is 18.7 Å². The molecule has 2 aliphatic rings. The van der Waals surface area contributed by atoms with E-state index in [-0.39, 0.29) is 23.7 Å². The minimum Gasteiger partial charge on any atom is -0.380 e. The number of halogens is 3. The molecule has 0 N–H and O–H groups in total. The Labute approximate surface area is 198 Å². The Morgan fingerprint density at radius 2 is 1.88 bits per heavy atom. The number of nitrogens with zero attached hydrogens (tertiary/aromatic N) is 4. The number of thioether (sulfide) groups is 1. The lowest BCUT2D eigenvalue weighted by Crippen LogP contribution is -2.63. The molecule has 2 aliphatic heterocycles. The van der Waals surface area contributed by atoms with Crippen LogP contribution in [0, 0.1) is 0 Å². The Morgan fingerprint density at radius 3 is 2.48 bits per heavy atom. The summed E-state index contributed by atoms with van der Waals surface area (Å²) >= 11 is 1.90. The molecule has 3 heterocycles. The van der Waals surface area contributed by atoms with Crippen LogP contribution in [0.3, 0.4) is 0 Å². The van der Waals surface area contributed by atoms with Crippen LogP contribution in [0.1, 0.15) is 38.8 Å². The van der Waals surface area contributed by atoms with Gasteiger partial charge in [0, 0.05) is 57.8 Å². The van der Waals surface area contributed by atoms with Crippen LogP contribution in [-0.4, -0.2) is 90.2 Å². The van der Waals surface area contributed by atoms with Crippen molar-refractivity contribution in [3.63, 3.8) is 0 Å². The van der Waals surface area contributed by atoms with E-state index in [9.17, 15) is 18.0 Å². The highest BCUT2D eigenvalue weighted by Crippen LogP contribution is 2.36. The lowest BCUT2D eigenvalue weighted by Gasteiger charge is -2.51. The summed E-state index contributed by atoms with van der Waals surface area (Å²) in [5, 5.41) is 0. The average molecular weight is 489 g/mol. The second-order valence-corrected chi connectivity index (χ2v) is 9.80. The molecular weight excluding hydrogens is 453 g/mol. The van der Waals surface area contributed by atoms with Crippen molar-refractivity contribution in [1.29, 1.82) is 0 Å². The van der Waals surface area contributed by atoms with Gasteiger partial charge in [0.25, 0.3) is 0 Å². The maximum Gasteiger partial charge on any atom is 0.433 e. The van der Waals surface area contributed by atoms with Crippen molar-refractivity contribution in [3.05, 3.63) is 23.9 Å². The third kappa shape index (κ3) is 6.83. The maximum atomic E-state index is 13.3. The fourth-order valence-electron chi connectivity index (χ4n) is 4.62. The second-order valence-electron chi connectivity index (χ2n) is 8.57. The molecule has 0 aliphatic carbocycles. The van der Waals surface area contributed by atoms with Gasteiger partial charge in [0.05, 0.1) is 6.61 Å². The van der Waals surface area contributed by atoms with Gasteiger partial charge in [0.2, 0.25) is 5.91 Å². The molecule has 2 saturated heterocycles. The minimum atomic E-state index is -4.55. The Balaban J connectivity index is 1.80. The number of pyridine rings is 1. The molecule has 2 fully saturated rings. The Morgan fingerprint density at radius 1 is 1.18 bits per heavy atom. The van der Waals surface area contributed by atoms with Crippen molar-refractivity contribution in [2.45, 2.75) is 44.8 Å². The van der Waals surface area contributed by atoms with Gasteiger partial charge >= 0.3 is 6.18 Å². The summed E-state index contributed by atoms with van der Waals surface area (Å²) in [6.45, 7) is 10.0. The van der Waals surface area contributed by atoms with Gasteiger partial charge in [-0.3, -0.25) is 19.5 Å². The van der Waals surface area contributed by atoms with Crippen LogP contribution in [0.2, 0.25) is 0 Å². The SMILES string of the molecule is CCOCCN1CCN(C2(CN(C(=O)CC)c3cccc(C(F)(F)F)n3)CCSCC2)CC1. The quantitative estimate of drug-likeness (QED) is 0.494. The van der Waals surface area contributed by atoms with Gasteiger partial charge in [-0.1, -0.05) is 13.0 Å². The van der Waals surface area contributed by atoms with Crippen LogP contribution < -0.4 is 4.90 Å². The summed E-state index contributed by atoms with van der Waals surface area (Å²) in [7, 11) is 0. The fraction of sp³-hybridized carbons (Fsp3) is 0.739. The molecule has 0 unspecified atom stereocenters. The number of ether oxygens (including phenoxy) is 1. The highest BCUT2D eigenvalue weighted by Gasteiger charge is 2.42. The Hall–Kier alpha value is -1.36. The zero-order valence-electron chi connectivity index (χ0n) is 19.6. The largest absolute Gasteiger partial charge is 0.433 e. The van der Waals surface area contributed by atoms with E-state index in [2.05, 4.69) is 14.8 Å². The fourth-order valence-corrected chi connectivity index (χ4v) is 5.88. The van der Waals surface area contributed by atoms with E-state index < -0.39 is 11.9 Å². The molecule has 0 atom stereocenters. The summed E-state index contributed by atoms with van der Waals surface area (Å²) in [4.78, 5) is 23.1. The third-order valence-electron chi connectivity index (χ3n) is 6.58. The van der Waals surface area contributed by atoms with Crippen molar-refractivity contribution in [1.82, 2.24) is 14.8 Å². The molecule has 6 nitrogen and oxygen atoms in total. The van der Waals surface area contributed by atoms with Crippen LogP contribution in [0.5, 0.6) is 0 Å². The molecule has 1 amide bonds. The standard InChI is InChI=1S/C23H35F3N4O2S/c1-3-21(31)30(20-7-5-6-19(27-20)23(24,25)26)18-22(8-16-33-17-9-22)29-12-10-28(11-13-29)14-15-32-4-2/h5-7H,3-4,8-18H2,1-2H3. The zero-order valence-corrected chi connectivity index (χ0v) is 20.4. The van der Waals surface area contributed by atoms with Crippen LogP contribution in [0.4, 0.5) is 19.0 Å². The van der Waals surface area contributed by atoms with Crippen molar-refractivity contribution in [2.75, 3.05) is 68.9 Å². The highest BCUT2D eigenvalue weighted by molar-refractivity contribution is 7.99. The van der Waals surface area contributed by atoms with Gasteiger partial charge in [-0.15, -0.1) is 0 Å². The first kappa shape index (κ1) is 26.2. The molecule has 186 valence electrons. The van der Waals surface area contributed by atoms with Gasteiger partial charge in [0.1, 0.15) is 11.5 Å². The summed E-state index contributed by atoms with van der Waals surface area (Å²) in [6.07, 6.45) is -2.52. The number of aromatic nitrogens is 1. The molecule has 0 saturated carbocycles. The number of anilines is 1. The van der Waals surface area contributed by atoms with E-state index >= 15 is 0 Å². The number of carbonyl (C=O) groups excluding carboxylic acids is 1. The van der Waals surface area contributed by atoms with Crippen molar-refractivity contribution >= 4 is 23.5 Å². The summed E-state index contributed by atoms with van der Waals surface area (Å²) in [6, 6.07) is 3.80. The predicted molar refractivity (Wildman–Crippen MR) is 126 cm³/mol. The molecule has 1 aromatic rings. The van der Waals surface area contributed by atoms with E-state index in [0.717, 1.165) is 69.7 Å². The van der Waals surface area contributed by atoms with Crippen LogP contribution in [0.25, 0.3) is 0 Å². The molecule has 0 aromatic carbocycles. The Bertz CT molecular complexity index is 766. The van der Waals surface area contributed by atoms with E-state index in [1.54, 1.807) is 6.92 Å². The number of rotatable bonds is 9. The number of amides is 1. The monoisotopic (exact) mass is 488 g/mol. The lowest BCUT2D eigenvalue weighted by molar-refractivity contribution is -0.141. The van der Waals surface area contributed by atoms with Crippen molar-refractivity contribution in [3.8, 4) is 0 Å². The first-order valence-electron chi connectivity index (χ1n) is 11.8. The molecule has 0 spiro atoms. The molecular formula is C23H35F3N4O2S.